The van der Waals surface area contributed by atoms with Gasteiger partial charge in [-0.3, -0.25) is 9.69 Å². The molecule has 1 aromatic heterocycles. The van der Waals surface area contributed by atoms with Crippen LogP contribution in [0.25, 0.3) is 0 Å². The van der Waals surface area contributed by atoms with E-state index in [0.717, 1.165) is 26.2 Å². The van der Waals surface area contributed by atoms with Crippen LogP contribution in [-0.4, -0.2) is 69.9 Å². The smallest absolute Gasteiger partial charge is 0.287 e. The van der Waals surface area contributed by atoms with Gasteiger partial charge in [0.1, 0.15) is 0 Å². The van der Waals surface area contributed by atoms with Crippen LogP contribution in [0.3, 0.4) is 0 Å². The standard InChI is InChI=1S/C22H31N3O4S/c1-17(2)20(25-12-10-24(3)11-13-25)15-23-22(26)21-18(9-14-29-21)16-30(27,28)19-7-5-4-6-8-19/h4-9,14,17,20H,10-13,15-16H2,1-3H3,(H,23,26). The number of benzene rings is 1. The van der Waals surface area contributed by atoms with Crippen LogP contribution in [0, 0.1) is 5.92 Å². The molecule has 2 aromatic rings. The van der Waals surface area contributed by atoms with Crippen molar-refractivity contribution >= 4 is 15.7 Å². The first-order chi connectivity index (χ1) is 14.3. The zero-order valence-corrected chi connectivity index (χ0v) is 18.7. The highest BCUT2D eigenvalue weighted by atomic mass is 32.2. The zero-order chi connectivity index (χ0) is 21.7. The predicted octanol–water partition coefficient (Wildman–Crippen LogP) is 2.26. The Kier molecular flexibility index (Phi) is 7.33. The van der Waals surface area contributed by atoms with E-state index < -0.39 is 9.84 Å². The summed E-state index contributed by atoms with van der Waals surface area (Å²) in [6, 6.07) is 10.0. The maximum atomic E-state index is 12.8. The Bertz CT molecular complexity index is 932. The molecule has 1 unspecified atom stereocenters. The van der Waals surface area contributed by atoms with E-state index in [9.17, 15) is 13.2 Å². The van der Waals surface area contributed by atoms with Gasteiger partial charge in [0.05, 0.1) is 16.9 Å². The molecule has 0 aliphatic carbocycles. The third-order valence-corrected chi connectivity index (χ3v) is 7.33. The van der Waals surface area contributed by atoms with Gasteiger partial charge >= 0.3 is 0 Å². The highest BCUT2D eigenvalue weighted by molar-refractivity contribution is 7.90. The van der Waals surface area contributed by atoms with E-state index in [1.54, 1.807) is 36.4 Å². The van der Waals surface area contributed by atoms with Crippen molar-refractivity contribution in [3.05, 3.63) is 54.0 Å². The number of hydrogen-bond donors (Lipinski definition) is 1. The number of furan rings is 1. The van der Waals surface area contributed by atoms with Crippen LogP contribution in [0.5, 0.6) is 0 Å². The molecule has 3 rings (SSSR count). The minimum atomic E-state index is -3.56. The van der Waals surface area contributed by atoms with Gasteiger partial charge in [-0.05, 0) is 31.2 Å². The molecule has 164 valence electrons. The number of likely N-dealkylation sites (N-methyl/N-ethyl adjacent to an activating group) is 1. The van der Waals surface area contributed by atoms with Gasteiger partial charge in [0.15, 0.2) is 15.6 Å². The monoisotopic (exact) mass is 433 g/mol. The molecule has 0 bridgehead atoms. The highest BCUT2D eigenvalue weighted by Crippen LogP contribution is 2.20. The Morgan fingerprint density at radius 2 is 1.77 bits per heavy atom. The average Bonchev–Trinajstić information content (AvgIpc) is 3.17. The molecule has 2 heterocycles. The average molecular weight is 434 g/mol. The summed E-state index contributed by atoms with van der Waals surface area (Å²) in [4.78, 5) is 17.7. The lowest BCUT2D eigenvalue weighted by molar-refractivity contribution is 0.0776. The van der Waals surface area contributed by atoms with Crippen molar-refractivity contribution < 1.29 is 17.6 Å². The number of sulfone groups is 1. The zero-order valence-electron chi connectivity index (χ0n) is 17.9. The Morgan fingerprint density at radius 3 is 2.40 bits per heavy atom. The van der Waals surface area contributed by atoms with Gasteiger partial charge in [0, 0.05) is 44.3 Å². The lowest BCUT2D eigenvalue weighted by Gasteiger charge is -2.39. The summed E-state index contributed by atoms with van der Waals surface area (Å²) in [5.41, 5.74) is 0.372. The van der Waals surface area contributed by atoms with Crippen LogP contribution >= 0.6 is 0 Å². The number of rotatable bonds is 8. The van der Waals surface area contributed by atoms with E-state index in [4.69, 9.17) is 4.42 Å². The molecule has 1 N–H and O–H groups in total. The maximum Gasteiger partial charge on any atom is 0.287 e. The molecule has 1 aliphatic rings. The summed E-state index contributed by atoms with van der Waals surface area (Å²) in [5.74, 6) is -0.209. The molecule has 1 fully saturated rings. The fourth-order valence-electron chi connectivity index (χ4n) is 3.78. The number of carbonyl (C=O) groups excluding carboxylic acids is 1. The third-order valence-electron chi connectivity index (χ3n) is 5.65. The first kappa shape index (κ1) is 22.5. The number of carbonyl (C=O) groups is 1. The Hall–Kier alpha value is -2.16. The first-order valence-corrected chi connectivity index (χ1v) is 12.0. The lowest BCUT2D eigenvalue weighted by Crippen LogP contribution is -2.54. The van der Waals surface area contributed by atoms with Gasteiger partial charge in [-0.1, -0.05) is 32.0 Å². The normalized spacial score (nSPS) is 17.2. The predicted molar refractivity (Wildman–Crippen MR) is 116 cm³/mol. The summed E-state index contributed by atoms with van der Waals surface area (Å²) < 4.78 is 30.7. The summed E-state index contributed by atoms with van der Waals surface area (Å²) in [5, 5.41) is 2.96. The van der Waals surface area contributed by atoms with Gasteiger partial charge in [-0.15, -0.1) is 0 Å². The molecule has 1 aliphatic heterocycles. The molecule has 1 aromatic carbocycles. The summed E-state index contributed by atoms with van der Waals surface area (Å²) >= 11 is 0. The quantitative estimate of drug-likeness (QED) is 0.688. The Morgan fingerprint density at radius 1 is 1.10 bits per heavy atom. The van der Waals surface area contributed by atoms with Gasteiger partial charge in [-0.2, -0.15) is 0 Å². The van der Waals surface area contributed by atoms with Crippen molar-refractivity contribution in [2.45, 2.75) is 30.5 Å². The lowest BCUT2D eigenvalue weighted by atomic mass is 10.0. The topological polar surface area (TPSA) is 82.9 Å². The van der Waals surface area contributed by atoms with Crippen LogP contribution in [0.15, 0.2) is 52.0 Å². The minimum absolute atomic E-state index is 0.0652. The number of hydrogen-bond acceptors (Lipinski definition) is 6. The molecule has 1 saturated heterocycles. The van der Waals surface area contributed by atoms with Crippen molar-refractivity contribution in [1.29, 1.82) is 0 Å². The van der Waals surface area contributed by atoms with Crippen LogP contribution < -0.4 is 5.32 Å². The second-order valence-corrected chi connectivity index (χ2v) is 10.2. The van der Waals surface area contributed by atoms with Crippen LogP contribution in [0.2, 0.25) is 0 Å². The summed E-state index contributed by atoms with van der Waals surface area (Å²) in [6.07, 6.45) is 1.37. The second-order valence-electron chi connectivity index (χ2n) is 8.21. The SMILES string of the molecule is CC(C)C(CNC(=O)c1occc1CS(=O)(=O)c1ccccc1)N1CCN(C)CC1. The van der Waals surface area contributed by atoms with E-state index in [1.165, 1.54) is 6.26 Å². The van der Waals surface area contributed by atoms with Crippen LogP contribution in [0.4, 0.5) is 0 Å². The number of amides is 1. The fourth-order valence-corrected chi connectivity index (χ4v) is 5.16. The van der Waals surface area contributed by atoms with Crippen molar-refractivity contribution in [3.63, 3.8) is 0 Å². The summed E-state index contributed by atoms with van der Waals surface area (Å²) in [6.45, 7) is 8.76. The van der Waals surface area contributed by atoms with E-state index in [1.807, 2.05) is 0 Å². The second kappa shape index (κ2) is 9.76. The Labute approximate surface area is 179 Å². The van der Waals surface area contributed by atoms with Crippen LogP contribution in [-0.2, 0) is 15.6 Å². The van der Waals surface area contributed by atoms with Gasteiger partial charge in [-0.25, -0.2) is 8.42 Å². The molecule has 0 saturated carbocycles. The van der Waals surface area contributed by atoms with Crippen molar-refractivity contribution in [2.75, 3.05) is 39.8 Å². The summed E-state index contributed by atoms with van der Waals surface area (Å²) in [7, 11) is -1.44. The Balaban J connectivity index is 1.66. The van der Waals surface area contributed by atoms with Gasteiger partial charge in [0.2, 0.25) is 0 Å². The number of piperazine rings is 1. The van der Waals surface area contributed by atoms with E-state index >= 15 is 0 Å². The molecule has 1 atom stereocenters. The van der Waals surface area contributed by atoms with E-state index in [0.29, 0.717) is 18.0 Å². The van der Waals surface area contributed by atoms with Gasteiger partial charge < -0.3 is 14.6 Å². The molecule has 1 amide bonds. The first-order valence-electron chi connectivity index (χ1n) is 10.3. The maximum absolute atomic E-state index is 12.8. The van der Waals surface area contributed by atoms with Gasteiger partial charge in [0.25, 0.3) is 5.91 Å². The fraction of sp³-hybridized carbons (Fsp3) is 0.500. The highest BCUT2D eigenvalue weighted by Gasteiger charge is 2.27. The third kappa shape index (κ3) is 5.50. The molecule has 7 nitrogen and oxygen atoms in total. The van der Waals surface area contributed by atoms with E-state index in [2.05, 4.69) is 36.0 Å². The number of nitrogens with one attached hydrogen (secondary N) is 1. The van der Waals surface area contributed by atoms with Crippen LogP contribution in [0.1, 0.15) is 30.0 Å². The minimum Gasteiger partial charge on any atom is -0.459 e. The molecule has 8 heteroatoms. The van der Waals surface area contributed by atoms with E-state index in [-0.39, 0.29) is 28.4 Å². The molecular formula is C22H31N3O4S. The van der Waals surface area contributed by atoms with Crippen molar-refractivity contribution in [1.82, 2.24) is 15.1 Å². The molecule has 0 spiro atoms. The molecular weight excluding hydrogens is 402 g/mol. The van der Waals surface area contributed by atoms with Crippen molar-refractivity contribution in [3.8, 4) is 0 Å². The van der Waals surface area contributed by atoms with Crippen molar-refractivity contribution in [2.24, 2.45) is 5.92 Å². The number of nitrogens with zero attached hydrogens (tertiary/aromatic N) is 2. The molecule has 0 radical (unpaired) electrons. The largest absolute Gasteiger partial charge is 0.459 e. The molecule has 30 heavy (non-hydrogen) atoms.